The number of hydrogen-bond acceptors (Lipinski definition) is 7. The summed E-state index contributed by atoms with van der Waals surface area (Å²) in [6.45, 7) is 0. The summed E-state index contributed by atoms with van der Waals surface area (Å²) < 4.78 is 5.61. The molecule has 0 amide bonds. The number of nitrogens with one attached hydrogen (secondary N) is 1. The van der Waals surface area contributed by atoms with Gasteiger partial charge in [0.15, 0.2) is 0 Å². The highest BCUT2D eigenvalue weighted by Gasteiger charge is 2.21. The van der Waals surface area contributed by atoms with E-state index in [0.29, 0.717) is 22.4 Å². The third kappa shape index (κ3) is 2.56. The number of benzene rings is 1. The van der Waals surface area contributed by atoms with Crippen molar-refractivity contribution in [2.75, 3.05) is 0 Å². The number of pyridine rings is 1. The minimum Gasteiger partial charge on any atom is -0.418 e. The number of fused-ring (bicyclic) bond motifs is 1. The summed E-state index contributed by atoms with van der Waals surface area (Å²) in [5.74, 6) is 0.864. The number of hydrogen-bond donors (Lipinski definition) is 2. The van der Waals surface area contributed by atoms with Crippen LogP contribution in [-0.4, -0.2) is 25.1 Å². The van der Waals surface area contributed by atoms with Crippen LogP contribution in [-0.2, 0) is 0 Å². The van der Waals surface area contributed by atoms with Crippen molar-refractivity contribution < 1.29 is 4.42 Å². The van der Waals surface area contributed by atoms with Crippen molar-refractivity contribution in [2.24, 2.45) is 0 Å². The van der Waals surface area contributed by atoms with Gasteiger partial charge in [-0.05, 0) is 24.3 Å². The Morgan fingerprint density at radius 3 is 2.75 bits per heavy atom. The lowest BCUT2D eigenvalue weighted by atomic mass is 10.2. The summed E-state index contributed by atoms with van der Waals surface area (Å²) in [7, 11) is 0. The van der Waals surface area contributed by atoms with Gasteiger partial charge in [-0.3, -0.25) is 9.78 Å². The molecule has 1 unspecified atom stereocenters. The Morgan fingerprint density at radius 2 is 1.92 bits per heavy atom. The minimum absolute atomic E-state index is 0.234. The van der Waals surface area contributed by atoms with E-state index in [1.165, 1.54) is 0 Å². The van der Waals surface area contributed by atoms with E-state index >= 15 is 0 Å². The molecular formula is C16H11N5O2S. The molecule has 118 valence electrons. The molecule has 1 aromatic carbocycles. The van der Waals surface area contributed by atoms with Crippen LogP contribution in [0.1, 0.15) is 17.0 Å². The molecule has 3 aromatic heterocycles. The number of aromatic nitrogens is 5. The molecule has 1 N–H and O–H groups in total. The van der Waals surface area contributed by atoms with Crippen molar-refractivity contribution in [3.05, 3.63) is 70.7 Å². The van der Waals surface area contributed by atoms with E-state index in [0.717, 1.165) is 0 Å². The van der Waals surface area contributed by atoms with Crippen LogP contribution in [0.3, 0.4) is 0 Å². The van der Waals surface area contributed by atoms with E-state index in [1.807, 2.05) is 12.1 Å². The fourth-order valence-corrected chi connectivity index (χ4v) is 2.52. The largest absolute Gasteiger partial charge is 0.418 e. The zero-order valence-corrected chi connectivity index (χ0v) is 13.1. The second-order valence-electron chi connectivity index (χ2n) is 5.03. The summed E-state index contributed by atoms with van der Waals surface area (Å²) in [5.41, 5.74) is 0.913. The van der Waals surface area contributed by atoms with Gasteiger partial charge >= 0.3 is 0 Å². The maximum Gasteiger partial charge on any atom is 0.266 e. The first-order valence-electron chi connectivity index (χ1n) is 7.14. The highest BCUT2D eigenvalue weighted by atomic mass is 32.1. The van der Waals surface area contributed by atoms with Crippen LogP contribution in [0.15, 0.2) is 57.9 Å². The molecule has 3 heterocycles. The molecular weight excluding hydrogens is 326 g/mol. The molecule has 8 heteroatoms. The molecule has 0 saturated heterocycles. The van der Waals surface area contributed by atoms with Gasteiger partial charge in [0.1, 0.15) is 16.8 Å². The summed E-state index contributed by atoms with van der Waals surface area (Å²) in [6, 6.07) is 12.5. The maximum absolute atomic E-state index is 12.2. The third-order valence-electron chi connectivity index (χ3n) is 3.45. The topological polar surface area (TPSA) is 97.6 Å². The second-order valence-corrected chi connectivity index (χ2v) is 5.55. The van der Waals surface area contributed by atoms with Gasteiger partial charge in [0.05, 0.1) is 10.9 Å². The van der Waals surface area contributed by atoms with Crippen LogP contribution in [0.4, 0.5) is 0 Å². The van der Waals surface area contributed by atoms with Gasteiger partial charge in [0.25, 0.3) is 11.4 Å². The predicted octanol–water partition coefficient (Wildman–Crippen LogP) is 2.39. The number of H-pyrrole nitrogens is 1. The van der Waals surface area contributed by atoms with Crippen molar-refractivity contribution in [3.8, 4) is 11.6 Å². The molecule has 4 rings (SSSR count). The molecule has 0 radical (unpaired) electrons. The van der Waals surface area contributed by atoms with Crippen molar-refractivity contribution in [1.29, 1.82) is 0 Å². The minimum atomic E-state index is -0.646. The summed E-state index contributed by atoms with van der Waals surface area (Å²) >= 11 is 4.46. The highest BCUT2D eigenvalue weighted by molar-refractivity contribution is 7.80. The average Bonchev–Trinajstić information content (AvgIpc) is 3.12. The first kappa shape index (κ1) is 14.6. The first-order chi connectivity index (χ1) is 11.7. The van der Waals surface area contributed by atoms with Gasteiger partial charge in [0, 0.05) is 6.20 Å². The molecule has 1 atom stereocenters. The molecule has 4 aromatic rings. The molecule has 0 bridgehead atoms. The van der Waals surface area contributed by atoms with Gasteiger partial charge in [-0.2, -0.15) is 12.6 Å². The molecule has 0 saturated carbocycles. The van der Waals surface area contributed by atoms with Crippen LogP contribution >= 0.6 is 12.6 Å². The molecule has 24 heavy (non-hydrogen) atoms. The number of thiol groups is 1. The van der Waals surface area contributed by atoms with Crippen LogP contribution in [0, 0.1) is 0 Å². The van der Waals surface area contributed by atoms with E-state index in [9.17, 15) is 4.79 Å². The van der Waals surface area contributed by atoms with Crippen LogP contribution in [0.2, 0.25) is 0 Å². The Bertz CT molecular complexity index is 1060. The Labute approximate surface area is 141 Å². The molecule has 0 spiro atoms. The number of aromatic amines is 1. The van der Waals surface area contributed by atoms with Crippen molar-refractivity contribution in [3.63, 3.8) is 0 Å². The summed E-state index contributed by atoms with van der Waals surface area (Å²) in [6.07, 6.45) is 1.64. The monoisotopic (exact) mass is 337 g/mol. The van der Waals surface area contributed by atoms with E-state index in [1.54, 1.807) is 36.5 Å². The fourth-order valence-electron chi connectivity index (χ4n) is 2.29. The van der Waals surface area contributed by atoms with E-state index in [-0.39, 0.29) is 17.3 Å². The van der Waals surface area contributed by atoms with E-state index in [2.05, 4.69) is 37.8 Å². The Kier molecular flexibility index (Phi) is 3.58. The summed E-state index contributed by atoms with van der Waals surface area (Å²) in [5, 5.41) is 7.82. The van der Waals surface area contributed by atoms with Crippen LogP contribution in [0.5, 0.6) is 0 Å². The van der Waals surface area contributed by atoms with Crippen molar-refractivity contribution in [2.45, 2.75) is 5.25 Å². The molecule has 0 aliphatic carbocycles. The zero-order chi connectivity index (χ0) is 16.5. The van der Waals surface area contributed by atoms with Gasteiger partial charge < -0.3 is 9.40 Å². The Morgan fingerprint density at radius 1 is 1.08 bits per heavy atom. The Balaban J connectivity index is 1.73. The second kappa shape index (κ2) is 5.89. The van der Waals surface area contributed by atoms with E-state index in [4.69, 9.17) is 4.42 Å². The van der Waals surface area contributed by atoms with Crippen LogP contribution in [0.25, 0.3) is 22.5 Å². The lowest BCUT2D eigenvalue weighted by molar-refractivity contribution is 0.509. The van der Waals surface area contributed by atoms with Crippen molar-refractivity contribution >= 4 is 23.5 Å². The fraction of sp³-hybridized carbons (Fsp3) is 0.0625. The summed E-state index contributed by atoms with van der Waals surface area (Å²) in [4.78, 5) is 23.4. The number of nitrogens with zero attached hydrogens (tertiary/aromatic N) is 4. The van der Waals surface area contributed by atoms with Gasteiger partial charge in [-0.25, -0.2) is 4.98 Å². The van der Waals surface area contributed by atoms with Gasteiger partial charge in [-0.15, -0.1) is 10.2 Å². The molecule has 0 fully saturated rings. The van der Waals surface area contributed by atoms with Gasteiger partial charge in [-0.1, -0.05) is 18.2 Å². The van der Waals surface area contributed by atoms with Crippen LogP contribution < -0.4 is 5.56 Å². The maximum atomic E-state index is 12.2. The molecule has 0 aliphatic heterocycles. The van der Waals surface area contributed by atoms with Gasteiger partial charge in [0.2, 0.25) is 5.89 Å². The predicted molar refractivity (Wildman–Crippen MR) is 90.7 cm³/mol. The number of para-hydroxylation sites is 1. The standard InChI is InChI=1S/C16H11N5O2S/c22-14-9-5-1-2-6-10(9)18-13(19-14)12(24)16-21-20-15(23-16)11-7-3-4-8-17-11/h1-8,12,24H,(H,18,19,22). The Hall–Kier alpha value is -3.00. The lowest BCUT2D eigenvalue weighted by Gasteiger charge is -2.06. The first-order valence-corrected chi connectivity index (χ1v) is 7.66. The molecule has 0 aliphatic rings. The number of rotatable bonds is 3. The molecule has 7 nitrogen and oxygen atoms in total. The smallest absolute Gasteiger partial charge is 0.266 e. The van der Waals surface area contributed by atoms with Crippen molar-refractivity contribution in [1.82, 2.24) is 25.1 Å². The quantitative estimate of drug-likeness (QED) is 0.557. The zero-order valence-electron chi connectivity index (χ0n) is 12.2. The third-order valence-corrected chi connectivity index (χ3v) is 3.91. The average molecular weight is 337 g/mol. The highest BCUT2D eigenvalue weighted by Crippen LogP contribution is 2.26. The lowest BCUT2D eigenvalue weighted by Crippen LogP contribution is -2.13. The SMILES string of the molecule is O=c1[nH]c(C(S)c2nnc(-c3ccccn3)o2)nc2ccccc12. The van der Waals surface area contributed by atoms with E-state index < -0.39 is 5.25 Å². The normalized spacial score (nSPS) is 12.4.